The van der Waals surface area contributed by atoms with Crippen molar-refractivity contribution in [2.45, 2.75) is 0 Å². The van der Waals surface area contributed by atoms with Gasteiger partial charge in [-0.1, -0.05) is 146 Å². The lowest BCUT2D eigenvalue weighted by atomic mass is 9.95. The molecule has 0 aliphatic carbocycles. The van der Waals surface area contributed by atoms with Gasteiger partial charge in [0.1, 0.15) is 11.2 Å². The topological polar surface area (TPSA) is 51.8 Å². The van der Waals surface area contributed by atoms with E-state index in [0.717, 1.165) is 60.5 Å². The molecule has 7 aromatic carbocycles. The van der Waals surface area contributed by atoms with E-state index in [2.05, 4.69) is 84.9 Å². The molecule has 0 atom stereocenters. The SMILES string of the molecule is c1ccc(-c2ccc(-c3ccc4c(-c5nc(-c6ccccc6)nc(-c6ccccc6)n5)cc5c6ccccc6oc5c4c3)cc2)cc1. The molecule has 0 saturated carbocycles. The van der Waals surface area contributed by atoms with Crippen LogP contribution < -0.4 is 0 Å². The van der Waals surface area contributed by atoms with Crippen molar-refractivity contribution in [2.24, 2.45) is 0 Å². The molecule has 2 aromatic heterocycles. The minimum atomic E-state index is 0.620. The normalized spacial score (nSPS) is 11.4. The van der Waals surface area contributed by atoms with Crippen LogP contribution in [-0.2, 0) is 0 Å². The summed E-state index contributed by atoms with van der Waals surface area (Å²) in [4.78, 5) is 15.1. The van der Waals surface area contributed by atoms with E-state index in [1.165, 1.54) is 11.1 Å². The van der Waals surface area contributed by atoms with Crippen molar-refractivity contribution < 1.29 is 4.42 Å². The quantitative estimate of drug-likeness (QED) is 0.197. The summed E-state index contributed by atoms with van der Waals surface area (Å²) >= 11 is 0. The highest BCUT2D eigenvalue weighted by Gasteiger charge is 2.19. The van der Waals surface area contributed by atoms with Crippen LogP contribution in [0.4, 0.5) is 0 Å². The minimum absolute atomic E-state index is 0.620. The van der Waals surface area contributed by atoms with Gasteiger partial charge in [-0.3, -0.25) is 0 Å². The van der Waals surface area contributed by atoms with Crippen LogP contribution in [-0.4, -0.2) is 15.0 Å². The Morgan fingerprint density at radius 3 is 1.43 bits per heavy atom. The van der Waals surface area contributed by atoms with Crippen LogP contribution in [0.1, 0.15) is 0 Å². The predicted molar refractivity (Wildman–Crippen MR) is 192 cm³/mol. The Balaban J connectivity index is 1.28. The first-order chi connectivity index (χ1) is 23.3. The second kappa shape index (κ2) is 11.2. The molecule has 0 aliphatic heterocycles. The summed E-state index contributed by atoms with van der Waals surface area (Å²) in [6.45, 7) is 0. The molecule has 0 amide bonds. The Hall–Kier alpha value is -6.39. The van der Waals surface area contributed by atoms with E-state index in [-0.39, 0.29) is 0 Å². The first kappa shape index (κ1) is 27.0. The van der Waals surface area contributed by atoms with Gasteiger partial charge >= 0.3 is 0 Å². The molecule has 0 fully saturated rings. The van der Waals surface area contributed by atoms with Gasteiger partial charge in [-0.25, -0.2) is 15.0 Å². The summed E-state index contributed by atoms with van der Waals surface area (Å²) in [6.07, 6.45) is 0. The van der Waals surface area contributed by atoms with E-state index < -0.39 is 0 Å². The van der Waals surface area contributed by atoms with E-state index in [9.17, 15) is 0 Å². The molecule has 0 saturated heterocycles. The lowest BCUT2D eigenvalue weighted by Gasteiger charge is -2.12. The molecule has 9 rings (SSSR count). The van der Waals surface area contributed by atoms with Gasteiger partial charge in [0.05, 0.1) is 0 Å². The lowest BCUT2D eigenvalue weighted by Crippen LogP contribution is -2.00. The van der Waals surface area contributed by atoms with E-state index in [1.54, 1.807) is 0 Å². The molecule has 47 heavy (non-hydrogen) atoms. The highest BCUT2D eigenvalue weighted by atomic mass is 16.3. The molecule has 0 N–H and O–H groups in total. The molecule has 2 heterocycles. The average molecular weight is 602 g/mol. The number of furan rings is 1. The van der Waals surface area contributed by atoms with E-state index in [4.69, 9.17) is 19.4 Å². The molecule has 9 aromatic rings. The van der Waals surface area contributed by atoms with E-state index in [0.29, 0.717) is 17.5 Å². The maximum atomic E-state index is 6.56. The summed E-state index contributed by atoms with van der Waals surface area (Å²) in [5.41, 5.74) is 9.16. The number of nitrogens with zero attached hydrogens (tertiary/aromatic N) is 3. The van der Waals surface area contributed by atoms with E-state index >= 15 is 0 Å². The van der Waals surface area contributed by atoms with Crippen molar-refractivity contribution in [1.82, 2.24) is 15.0 Å². The zero-order valence-electron chi connectivity index (χ0n) is 25.3. The largest absolute Gasteiger partial charge is 0.455 e. The van der Waals surface area contributed by atoms with Crippen molar-refractivity contribution in [3.63, 3.8) is 0 Å². The van der Waals surface area contributed by atoms with Crippen molar-refractivity contribution in [1.29, 1.82) is 0 Å². The Bertz CT molecular complexity index is 2480. The van der Waals surface area contributed by atoms with Gasteiger partial charge in [-0.2, -0.15) is 0 Å². The fourth-order valence-corrected chi connectivity index (χ4v) is 6.38. The Labute approximate surface area is 271 Å². The van der Waals surface area contributed by atoms with Crippen LogP contribution in [0, 0.1) is 0 Å². The smallest absolute Gasteiger partial charge is 0.164 e. The van der Waals surface area contributed by atoms with Crippen LogP contribution in [0.25, 0.3) is 89.1 Å². The van der Waals surface area contributed by atoms with Crippen LogP contribution in [0.3, 0.4) is 0 Å². The van der Waals surface area contributed by atoms with E-state index in [1.807, 2.05) is 78.9 Å². The third-order valence-electron chi connectivity index (χ3n) is 8.74. The monoisotopic (exact) mass is 601 g/mol. The highest BCUT2D eigenvalue weighted by molar-refractivity contribution is 6.19. The Morgan fingerprint density at radius 1 is 0.319 bits per heavy atom. The third kappa shape index (κ3) is 4.84. The van der Waals surface area contributed by atoms with Crippen LogP contribution >= 0.6 is 0 Å². The second-order valence-electron chi connectivity index (χ2n) is 11.6. The number of benzene rings is 7. The fourth-order valence-electron chi connectivity index (χ4n) is 6.38. The molecular weight excluding hydrogens is 574 g/mol. The van der Waals surface area contributed by atoms with Gasteiger partial charge in [0.2, 0.25) is 0 Å². The first-order valence-corrected chi connectivity index (χ1v) is 15.7. The number of fused-ring (bicyclic) bond motifs is 5. The standard InChI is InChI=1S/C43H27N3O/c1-4-12-28(13-5-1)29-20-22-30(23-21-29)33-24-25-34-36(26-33)40-37(35-18-10-11-19-39(35)47-40)27-38(34)43-45-41(31-14-6-2-7-15-31)44-42(46-43)32-16-8-3-9-17-32/h1-27H. The molecule has 0 aliphatic rings. The van der Waals surface area contributed by atoms with Gasteiger partial charge < -0.3 is 4.42 Å². The Morgan fingerprint density at radius 2 is 0.787 bits per heavy atom. The number of para-hydroxylation sites is 1. The van der Waals surface area contributed by atoms with Gasteiger partial charge in [-0.15, -0.1) is 0 Å². The number of hydrogen-bond donors (Lipinski definition) is 0. The van der Waals surface area contributed by atoms with Gasteiger partial charge in [0, 0.05) is 32.8 Å². The minimum Gasteiger partial charge on any atom is -0.455 e. The summed E-state index contributed by atoms with van der Waals surface area (Å²) in [7, 11) is 0. The zero-order chi connectivity index (χ0) is 31.2. The van der Waals surface area contributed by atoms with Gasteiger partial charge in [-0.05, 0) is 45.8 Å². The maximum absolute atomic E-state index is 6.56. The first-order valence-electron chi connectivity index (χ1n) is 15.7. The van der Waals surface area contributed by atoms with Gasteiger partial charge in [0.15, 0.2) is 17.5 Å². The van der Waals surface area contributed by atoms with Crippen molar-refractivity contribution in [2.75, 3.05) is 0 Å². The van der Waals surface area contributed by atoms with Crippen LogP contribution in [0.15, 0.2) is 168 Å². The summed E-state index contributed by atoms with van der Waals surface area (Å²) in [5, 5.41) is 4.12. The molecule has 4 heteroatoms. The zero-order valence-corrected chi connectivity index (χ0v) is 25.3. The predicted octanol–water partition coefficient (Wildman–Crippen LogP) is 11.3. The fraction of sp³-hybridized carbons (Fsp3) is 0. The lowest BCUT2D eigenvalue weighted by molar-refractivity contribution is 0.672. The molecule has 0 radical (unpaired) electrons. The molecule has 0 unspecified atom stereocenters. The third-order valence-corrected chi connectivity index (χ3v) is 8.74. The molecule has 4 nitrogen and oxygen atoms in total. The molecule has 0 spiro atoms. The molecule has 0 bridgehead atoms. The molecule has 220 valence electrons. The van der Waals surface area contributed by atoms with Crippen LogP contribution in [0.2, 0.25) is 0 Å². The highest BCUT2D eigenvalue weighted by Crippen LogP contribution is 2.41. The number of aromatic nitrogens is 3. The van der Waals surface area contributed by atoms with Gasteiger partial charge in [0.25, 0.3) is 0 Å². The summed E-state index contributed by atoms with van der Waals surface area (Å²) in [6, 6.07) is 56.3. The second-order valence-corrected chi connectivity index (χ2v) is 11.6. The number of hydrogen-bond acceptors (Lipinski definition) is 4. The summed E-state index contributed by atoms with van der Waals surface area (Å²) in [5.74, 6) is 1.89. The molecular formula is C43H27N3O. The Kier molecular flexibility index (Phi) is 6.43. The summed E-state index contributed by atoms with van der Waals surface area (Å²) < 4.78 is 6.56. The maximum Gasteiger partial charge on any atom is 0.164 e. The van der Waals surface area contributed by atoms with Crippen molar-refractivity contribution >= 4 is 32.7 Å². The van der Waals surface area contributed by atoms with Crippen LogP contribution in [0.5, 0.6) is 0 Å². The number of rotatable bonds is 5. The van der Waals surface area contributed by atoms with Crippen molar-refractivity contribution in [3.05, 3.63) is 164 Å². The average Bonchev–Trinajstić information content (AvgIpc) is 3.54. The van der Waals surface area contributed by atoms with Crippen molar-refractivity contribution in [3.8, 4) is 56.4 Å².